The summed E-state index contributed by atoms with van der Waals surface area (Å²) in [5, 5.41) is 21.2. The van der Waals surface area contributed by atoms with Crippen molar-refractivity contribution in [2.24, 2.45) is 5.92 Å². The van der Waals surface area contributed by atoms with E-state index in [1.807, 2.05) is 55.5 Å². The third-order valence-corrected chi connectivity index (χ3v) is 7.70. The number of furan rings is 1. The van der Waals surface area contributed by atoms with Crippen LogP contribution in [0.1, 0.15) is 66.9 Å². The van der Waals surface area contributed by atoms with Crippen LogP contribution in [0.4, 0.5) is 0 Å². The fourth-order valence-corrected chi connectivity index (χ4v) is 5.52. The molecular weight excluding hydrogens is 552 g/mol. The first-order chi connectivity index (χ1) is 21.3. The average Bonchev–Trinajstić information content (AvgIpc) is 3.54. The number of hydrogen-bond acceptors (Lipinski definition) is 6. The number of aliphatic hydroxyl groups excluding tert-OH is 1. The van der Waals surface area contributed by atoms with E-state index in [-0.39, 0.29) is 24.5 Å². The van der Waals surface area contributed by atoms with Gasteiger partial charge in [-0.25, -0.2) is 0 Å². The summed E-state index contributed by atoms with van der Waals surface area (Å²) in [5.41, 5.74) is 2.57. The topological polar surface area (TPSA) is 107 Å². The highest BCUT2D eigenvalue weighted by Crippen LogP contribution is 2.24. The Kier molecular flexibility index (Phi) is 12.5. The zero-order valence-electron chi connectivity index (χ0n) is 26.1. The highest BCUT2D eigenvalue weighted by atomic mass is 16.3. The third kappa shape index (κ3) is 9.77. The van der Waals surface area contributed by atoms with Crippen molar-refractivity contribution in [2.75, 3.05) is 26.2 Å². The lowest BCUT2D eigenvalue weighted by molar-refractivity contribution is -0.123. The van der Waals surface area contributed by atoms with Crippen molar-refractivity contribution < 1.29 is 19.1 Å². The Morgan fingerprint density at radius 3 is 2.36 bits per heavy atom. The predicted molar refractivity (Wildman–Crippen MR) is 175 cm³/mol. The molecule has 4 aromatic rings. The number of carbonyl (C=O) groups excluding carboxylic acids is 2. The van der Waals surface area contributed by atoms with Crippen LogP contribution in [0.15, 0.2) is 89.5 Å². The van der Waals surface area contributed by atoms with Crippen LogP contribution in [0.25, 0.3) is 10.8 Å². The monoisotopic (exact) mass is 598 g/mol. The molecule has 234 valence electrons. The maximum Gasteiger partial charge on any atom is 0.251 e. The van der Waals surface area contributed by atoms with Crippen LogP contribution >= 0.6 is 0 Å². The number of carbonyl (C=O) groups is 2. The largest absolute Gasteiger partial charge is 0.468 e. The molecule has 3 aromatic carbocycles. The number of fused-ring (bicyclic) bond motifs is 1. The summed E-state index contributed by atoms with van der Waals surface area (Å²) in [6.45, 7) is 9.80. The Labute approximate surface area is 260 Å². The standard InChI is InChI=1S/C36H46N4O4/c1-26(2)25-40(20-21-41)19-7-14-34(36(43)38-27(3)32-13-6-10-29-9-4-5-12-33(29)32)39-35(42)30-17-15-28(16-18-30)23-37-24-31-11-8-22-44-31/h4-6,8-13,15-18,22,26-27,34,37,41H,7,14,19-21,23-25H2,1-3H3,(H,38,43)(H,39,42)/t27-,34-/m0/s1. The first-order valence-corrected chi connectivity index (χ1v) is 15.6. The summed E-state index contributed by atoms with van der Waals surface area (Å²) in [6, 6.07) is 24.5. The molecule has 1 heterocycles. The number of benzene rings is 3. The van der Waals surface area contributed by atoms with E-state index in [9.17, 15) is 14.7 Å². The highest BCUT2D eigenvalue weighted by molar-refractivity contribution is 5.97. The van der Waals surface area contributed by atoms with E-state index in [1.54, 1.807) is 18.4 Å². The normalized spacial score (nSPS) is 12.9. The van der Waals surface area contributed by atoms with E-state index in [1.165, 1.54) is 0 Å². The second-order valence-electron chi connectivity index (χ2n) is 11.8. The van der Waals surface area contributed by atoms with Gasteiger partial charge in [0.05, 0.1) is 25.5 Å². The van der Waals surface area contributed by atoms with Crippen LogP contribution in [0.5, 0.6) is 0 Å². The van der Waals surface area contributed by atoms with E-state index in [2.05, 4.69) is 52.9 Å². The van der Waals surface area contributed by atoms with Gasteiger partial charge in [-0.05, 0) is 78.4 Å². The smallest absolute Gasteiger partial charge is 0.251 e. The summed E-state index contributed by atoms with van der Waals surface area (Å²) >= 11 is 0. The van der Waals surface area contributed by atoms with Gasteiger partial charge < -0.3 is 30.4 Å². The first kappa shape index (κ1) is 32.9. The van der Waals surface area contributed by atoms with Crippen molar-refractivity contribution in [3.63, 3.8) is 0 Å². The molecule has 0 spiro atoms. The molecule has 8 heteroatoms. The zero-order valence-corrected chi connectivity index (χ0v) is 26.1. The van der Waals surface area contributed by atoms with Crippen molar-refractivity contribution >= 4 is 22.6 Å². The summed E-state index contributed by atoms with van der Waals surface area (Å²) < 4.78 is 5.35. The quantitative estimate of drug-likeness (QED) is 0.129. The fraction of sp³-hybridized carbons (Fsp3) is 0.389. The van der Waals surface area contributed by atoms with Crippen molar-refractivity contribution in [2.45, 2.75) is 58.8 Å². The molecule has 0 aliphatic rings. The lowest BCUT2D eigenvalue weighted by Gasteiger charge is -2.26. The molecule has 2 amide bonds. The van der Waals surface area contributed by atoms with Gasteiger partial charge in [-0.1, -0.05) is 68.4 Å². The van der Waals surface area contributed by atoms with Gasteiger partial charge in [0.25, 0.3) is 5.91 Å². The summed E-state index contributed by atoms with van der Waals surface area (Å²) in [5.74, 6) is 0.830. The average molecular weight is 599 g/mol. The molecule has 1 aromatic heterocycles. The van der Waals surface area contributed by atoms with Gasteiger partial charge in [-0.2, -0.15) is 0 Å². The second kappa shape index (κ2) is 16.8. The van der Waals surface area contributed by atoms with E-state index >= 15 is 0 Å². The number of nitrogens with zero attached hydrogens (tertiary/aromatic N) is 1. The number of rotatable bonds is 17. The number of aliphatic hydroxyl groups is 1. The summed E-state index contributed by atoms with van der Waals surface area (Å²) in [7, 11) is 0. The van der Waals surface area contributed by atoms with Crippen molar-refractivity contribution in [1.82, 2.24) is 20.9 Å². The van der Waals surface area contributed by atoms with E-state index in [0.717, 1.165) is 40.7 Å². The minimum Gasteiger partial charge on any atom is -0.468 e. The van der Waals surface area contributed by atoms with Gasteiger partial charge in [0, 0.05) is 25.2 Å². The highest BCUT2D eigenvalue weighted by Gasteiger charge is 2.24. The maximum atomic E-state index is 13.7. The minimum atomic E-state index is -0.704. The minimum absolute atomic E-state index is 0.0876. The molecule has 44 heavy (non-hydrogen) atoms. The molecule has 0 aliphatic carbocycles. The molecule has 0 unspecified atom stereocenters. The Morgan fingerprint density at radius 2 is 1.64 bits per heavy atom. The molecule has 4 N–H and O–H groups in total. The predicted octanol–water partition coefficient (Wildman–Crippen LogP) is 5.43. The number of amides is 2. The summed E-state index contributed by atoms with van der Waals surface area (Å²) in [6.07, 6.45) is 2.84. The van der Waals surface area contributed by atoms with Gasteiger partial charge in [0.2, 0.25) is 5.91 Å². The van der Waals surface area contributed by atoms with Crippen LogP contribution in [0.2, 0.25) is 0 Å². The lowest BCUT2D eigenvalue weighted by Crippen LogP contribution is -2.47. The van der Waals surface area contributed by atoms with Gasteiger partial charge in [-0.15, -0.1) is 0 Å². The molecule has 4 rings (SSSR count). The molecule has 2 atom stereocenters. The van der Waals surface area contributed by atoms with Gasteiger partial charge in [0.15, 0.2) is 0 Å². The molecule has 8 nitrogen and oxygen atoms in total. The van der Waals surface area contributed by atoms with Crippen LogP contribution in [-0.2, 0) is 17.9 Å². The molecule has 0 bridgehead atoms. The number of nitrogens with one attached hydrogen (secondary N) is 3. The molecule has 0 saturated carbocycles. The molecule has 0 saturated heterocycles. The molecule has 0 fully saturated rings. The van der Waals surface area contributed by atoms with Crippen molar-refractivity contribution in [1.29, 1.82) is 0 Å². The van der Waals surface area contributed by atoms with Crippen LogP contribution in [0, 0.1) is 5.92 Å². The Morgan fingerprint density at radius 1 is 0.864 bits per heavy atom. The van der Waals surface area contributed by atoms with E-state index in [4.69, 9.17) is 4.42 Å². The fourth-order valence-electron chi connectivity index (χ4n) is 5.52. The number of hydrogen-bond donors (Lipinski definition) is 4. The molecule has 0 aliphatic heterocycles. The Balaban J connectivity index is 1.41. The SMILES string of the molecule is CC(C)CN(CCO)CCC[C@H](NC(=O)c1ccc(CNCc2ccco2)cc1)C(=O)N[C@@H](C)c1cccc2ccccc12. The third-order valence-electron chi connectivity index (χ3n) is 7.70. The Hall–Kier alpha value is -3.98. The Bertz CT molecular complexity index is 1450. The lowest BCUT2D eigenvalue weighted by atomic mass is 9.99. The summed E-state index contributed by atoms with van der Waals surface area (Å²) in [4.78, 5) is 29.2. The van der Waals surface area contributed by atoms with Crippen molar-refractivity contribution in [3.8, 4) is 0 Å². The maximum absolute atomic E-state index is 13.7. The van der Waals surface area contributed by atoms with Gasteiger partial charge in [0.1, 0.15) is 11.8 Å². The van der Waals surface area contributed by atoms with Crippen molar-refractivity contribution in [3.05, 3.63) is 108 Å². The second-order valence-corrected chi connectivity index (χ2v) is 11.8. The zero-order chi connectivity index (χ0) is 31.3. The molecule has 0 radical (unpaired) electrons. The van der Waals surface area contributed by atoms with Gasteiger partial charge in [-0.3, -0.25) is 9.59 Å². The van der Waals surface area contributed by atoms with Crippen LogP contribution in [-0.4, -0.2) is 54.1 Å². The van der Waals surface area contributed by atoms with Crippen LogP contribution < -0.4 is 16.0 Å². The van der Waals surface area contributed by atoms with Gasteiger partial charge >= 0.3 is 0 Å². The first-order valence-electron chi connectivity index (χ1n) is 15.6. The van der Waals surface area contributed by atoms with E-state index in [0.29, 0.717) is 44.0 Å². The molecular formula is C36H46N4O4. The van der Waals surface area contributed by atoms with E-state index < -0.39 is 6.04 Å². The van der Waals surface area contributed by atoms with Crippen LogP contribution in [0.3, 0.4) is 0 Å².